The molecule has 0 aromatic carbocycles. The maximum absolute atomic E-state index is 12.1. The topological polar surface area (TPSA) is 75.7 Å². The number of hydrogen-bond acceptors (Lipinski definition) is 4. The molecule has 1 aliphatic rings. The molecular formula is C7H5F3N2O3. The third-order valence-corrected chi connectivity index (χ3v) is 1.65. The number of nitro groups is 1. The normalized spacial score (nSPS) is 17.4. The first-order chi connectivity index (χ1) is 6.82. The second kappa shape index (κ2) is 3.71. The number of alkyl halides is 3. The maximum atomic E-state index is 12.1. The van der Waals surface area contributed by atoms with Crippen molar-refractivity contribution in [3.05, 3.63) is 33.3 Å². The van der Waals surface area contributed by atoms with E-state index in [1.165, 1.54) is 0 Å². The summed E-state index contributed by atoms with van der Waals surface area (Å²) in [6, 6.07) is 0. The standard InChI is InChI=1S/C7H5F3N2O3/c8-7(9,10)4-1-2-5(12(14)15)6(13)11-3-4/h1,3,13H,2H2. The summed E-state index contributed by atoms with van der Waals surface area (Å²) in [5.74, 6) is -1.00. The van der Waals surface area contributed by atoms with Crippen LogP contribution < -0.4 is 0 Å². The molecule has 0 radical (unpaired) electrons. The van der Waals surface area contributed by atoms with Crippen molar-refractivity contribution in [2.24, 2.45) is 4.99 Å². The quantitative estimate of drug-likeness (QED) is 0.544. The molecule has 0 bridgehead atoms. The van der Waals surface area contributed by atoms with Gasteiger partial charge in [0, 0.05) is 6.21 Å². The number of rotatable bonds is 1. The third-order valence-electron chi connectivity index (χ3n) is 1.65. The number of allylic oxidation sites excluding steroid dienone is 2. The van der Waals surface area contributed by atoms with Gasteiger partial charge >= 0.3 is 11.9 Å². The highest BCUT2D eigenvalue weighted by Gasteiger charge is 2.34. The second-order valence-electron chi connectivity index (χ2n) is 2.65. The van der Waals surface area contributed by atoms with Gasteiger partial charge in [-0.05, 0) is 0 Å². The lowest BCUT2D eigenvalue weighted by atomic mass is 10.2. The zero-order valence-electron chi connectivity index (χ0n) is 7.15. The van der Waals surface area contributed by atoms with Crippen molar-refractivity contribution in [1.29, 1.82) is 0 Å². The zero-order chi connectivity index (χ0) is 11.6. The highest BCUT2D eigenvalue weighted by Crippen LogP contribution is 2.27. The first kappa shape index (κ1) is 11.2. The van der Waals surface area contributed by atoms with Gasteiger partial charge in [-0.25, -0.2) is 4.99 Å². The second-order valence-corrected chi connectivity index (χ2v) is 2.65. The largest absolute Gasteiger partial charge is 0.489 e. The first-order valence-electron chi connectivity index (χ1n) is 3.70. The van der Waals surface area contributed by atoms with E-state index in [-0.39, 0.29) is 0 Å². The van der Waals surface area contributed by atoms with Crippen LogP contribution in [0.4, 0.5) is 13.2 Å². The molecular weight excluding hydrogens is 217 g/mol. The molecule has 0 aromatic heterocycles. The number of nitrogens with zero attached hydrogens (tertiary/aromatic N) is 2. The summed E-state index contributed by atoms with van der Waals surface area (Å²) in [7, 11) is 0. The molecule has 1 rings (SSSR count). The molecule has 0 aromatic rings. The van der Waals surface area contributed by atoms with Crippen molar-refractivity contribution < 1.29 is 23.2 Å². The first-order valence-corrected chi connectivity index (χ1v) is 3.70. The van der Waals surface area contributed by atoms with Crippen LogP contribution in [0.2, 0.25) is 0 Å². The molecule has 15 heavy (non-hydrogen) atoms. The molecule has 5 nitrogen and oxygen atoms in total. The van der Waals surface area contributed by atoms with Gasteiger partial charge in [-0.1, -0.05) is 6.08 Å². The van der Waals surface area contributed by atoms with Gasteiger partial charge in [0.1, 0.15) is 0 Å². The van der Waals surface area contributed by atoms with Gasteiger partial charge in [-0.3, -0.25) is 10.1 Å². The van der Waals surface area contributed by atoms with Crippen LogP contribution in [-0.4, -0.2) is 22.4 Å². The number of aliphatic hydroxyl groups is 1. The van der Waals surface area contributed by atoms with E-state index in [9.17, 15) is 23.3 Å². The highest BCUT2D eigenvalue weighted by molar-refractivity contribution is 5.81. The molecule has 0 amide bonds. The van der Waals surface area contributed by atoms with Crippen LogP contribution in [0.5, 0.6) is 0 Å². The van der Waals surface area contributed by atoms with E-state index in [4.69, 9.17) is 5.11 Å². The van der Waals surface area contributed by atoms with Crippen molar-refractivity contribution in [3.63, 3.8) is 0 Å². The fourth-order valence-corrected chi connectivity index (χ4v) is 0.901. The minimum absolute atomic E-state index is 0.353. The summed E-state index contributed by atoms with van der Waals surface area (Å²) in [5, 5.41) is 19.2. The Bertz CT molecular complexity index is 381. The lowest BCUT2D eigenvalue weighted by Gasteiger charge is -2.04. The van der Waals surface area contributed by atoms with E-state index in [0.717, 1.165) is 0 Å². The Kier molecular flexibility index (Phi) is 2.78. The molecule has 0 saturated heterocycles. The van der Waals surface area contributed by atoms with Crippen LogP contribution in [0.1, 0.15) is 6.42 Å². The fourth-order valence-electron chi connectivity index (χ4n) is 0.901. The van der Waals surface area contributed by atoms with E-state index in [2.05, 4.69) is 4.99 Å². The Hall–Kier alpha value is -1.86. The maximum Gasteiger partial charge on any atom is 0.417 e. The summed E-state index contributed by atoms with van der Waals surface area (Å²) in [5.41, 5.74) is -1.88. The fraction of sp³-hybridized carbons (Fsp3) is 0.286. The zero-order valence-corrected chi connectivity index (χ0v) is 7.15. The van der Waals surface area contributed by atoms with Crippen LogP contribution in [0, 0.1) is 10.1 Å². The summed E-state index contributed by atoms with van der Waals surface area (Å²) in [4.78, 5) is 12.3. The monoisotopic (exact) mass is 222 g/mol. The molecule has 0 spiro atoms. The van der Waals surface area contributed by atoms with Crippen molar-refractivity contribution in [2.45, 2.75) is 12.6 Å². The summed E-state index contributed by atoms with van der Waals surface area (Å²) in [6.07, 6.45) is -4.29. The Morgan fingerprint density at radius 1 is 1.53 bits per heavy atom. The molecule has 0 saturated carbocycles. The molecule has 0 fully saturated rings. The van der Waals surface area contributed by atoms with Crippen molar-refractivity contribution in [1.82, 2.24) is 0 Å². The van der Waals surface area contributed by atoms with E-state index >= 15 is 0 Å². The Balaban J connectivity index is 3.03. The van der Waals surface area contributed by atoms with E-state index in [1.54, 1.807) is 0 Å². The lowest BCUT2D eigenvalue weighted by molar-refractivity contribution is -0.429. The molecule has 0 atom stereocenters. The van der Waals surface area contributed by atoms with Gasteiger partial charge in [-0.15, -0.1) is 0 Å². The lowest BCUT2D eigenvalue weighted by Crippen LogP contribution is -2.12. The molecule has 0 aliphatic carbocycles. The molecule has 1 N–H and O–H groups in total. The average molecular weight is 222 g/mol. The van der Waals surface area contributed by atoms with Crippen LogP contribution >= 0.6 is 0 Å². The van der Waals surface area contributed by atoms with Crippen LogP contribution in [0.25, 0.3) is 0 Å². The van der Waals surface area contributed by atoms with Crippen molar-refractivity contribution in [3.8, 4) is 0 Å². The van der Waals surface area contributed by atoms with E-state index in [0.29, 0.717) is 12.3 Å². The number of hydrogen-bond donors (Lipinski definition) is 1. The predicted octanol–water partition coefficient (Wildman–Crippen LogP) is 1.95. The molecule has 82 valence electrons. The molecule has 8 heteroatoms. The van der Waals surface area contributed by atoms with Gasteiger partial charge < -0.3 is 5.11 Å². The third kappa shape index (κ3) is 2.55. The highest BCUT2D eigenvalue weighted by atomic mass is 19.4. The summed E-state index contributed by atoms with van der Waals surface area (Å²) < 4.78 is 36.4. The van der Waals surface area contributed by atoms with Crippen molar-refractivity contribution in [2.75, 3.05) is 0 Å². The van der Waals surface area contributed by atoms with Crippen LogP contribution in [0.3, 0.4) is 0 Å². The van der Waals surface area contributed by atoms with E-state index in [1.807, 2.05) is 0 Å². The SMILES string of the molecule is O=[N+]([O-])C1=C(O)N=CC(C(F)(F)F)=CC1. The number of halogens is 3. The van der Waals surface area contributed by atoms with Gasteiger partial charge in [0.15, 0.2) is 0 Å². The van der Waals surface area contributed by atoms with Crippen LogP contribution in [0.15, 0.2) is 28.2 Å². The molecule has 0 unspecified atom stereocenters. The number of aliphatic hydroxyl groups excluding tert-OH is 1. The summed E-state index contributed by atoms with van der Waals surface area (Å²) >= 11 is 0. The Morgan fingerprint density at radius 2 is 2.13 bits per heavy atom. The summed E-state index contributed by atoms with van der Waals surface area (Å²) in [6.45, 7) is 0. The predicted molar refractivity (Wildman–Crippen MR) is 43.9 cm³/mol. The van der Waals surface area contributed by atoms with Crippen LogP contribution in [-0.2, 0) is 0 Å². The van der Waals surface area contributed by atoms with Gasteiger partial charge in [0.05, 0.1) is 16.9 Å². The molecule has 1 aliphatic heterocycles. The van der Waals surface area contributed by atoms with E-state index < -0.39 is 34.7 Å². The number of aliphatic imine (C=N–C) groups is 1. The van der Waals surface area contributed by atoms with Gasteiger partial charge in [-0.2, -0.15) is 13.2 Å². The minimum Gasteiger partial charge on any atom is -0.489 e. The average Bonchev–Trinajstić information content (AvgIpc) is 2.25. The van der Waals surface area contributed by atoms with Gasteiger partial charge in [0.25, 0.3) is 5.88 Å². The van der Waals surface area contributed by atoms with Gasteiger partial charge in [0.2, 0.25) is 0 Å². The Morgan fingerprint density at radius 3 is 2.60 bits per heavy atom. The Labute approximate surface area is 81.4 Å². The molecule has 1 heterocycles. The van der Waals surface area contributed by atoms with Crippen molar-refractivity contribution >= 4 is 6.21 Å². The minimum atomic E-state index is -4.63. The smallest absolute Gasteiger partial charge is 0.417 e.